The lowest BCUT2D eigenvalue weighted by Crippen LogP contribution is -2.20. The van der Waals surface area contributed by atoms with Gasteiger partial charge >= 0.3 is 5.97 Å². The number of imidazole rings is 1. The van der Waals surface area contributed by atoms with E-state index >= 15 is 0 Å². The molecule has 19 heavy (non-hydrogen) atoms. The van der Waals surface area contributed by atoms with E-state index in [1.165, 1.54) is 12.8 Å². The molecular weight excluding hydrogens is 244 g/mol. The van der Waals surface area contributed by atoms with Crippen LogP contribution in [0.3, 0.4) is 0 Å². The molecular formula is C13H16N4O2. The van der Waals surface area contributed by atoms with Crippen LogP contribution >= 0.6 is 0 Å². The third kappa shape index (κ3) is 2.15. The zero-order valence-electron chi connectivity index (χ0n) is 10.5. The van der Waals surface area contributed by atoms with Gasteiger partial charge in [0.25, 0.3) is 0 Å². The van der Waals surface area contributed by atoms with Gasteiger partial charge in [0.1, 0.15) is 5.82 Å². The van der Waals surface area contributed by atoms with Crippen molar-refractivity contribution in [3.63, 3.8) is 0 Å². The number of anilines is 1. The highest BCUT2D eigenvalue weighted by Crippen LogP contribution is 2.19. The summed E-state index contributed by atoms with van der Waals surface area (Å²) in [6.07, 6.45) is 4.18. The third-order valence-electron chi connectivity index (χ3n) is 3.51. The number of nitrogen functional groups attached to an aromatic ring is 1. The molecule has 0 saturated carbocycles. The lowest BCUT2D eigenvalue weighted by molar-refractivity contribution is 0.0693. The first-order chi connectivity index (χ1) is 9.15. The number of nitrogens with zero attached hydrogens (tertiary/aromatic N) is 3. The van der Waals surface area contributed by atoms with E-state index in [0.717, 1.165) is 18.9 Å². The van der Waals surface area contributed by atoms with Gasteiger partial charge in [-0.2, -0.15) is 0 Å². The van der Waals surface area contributed by atoms with E-state index in [2.05, 4.69) is 9.88 Å². The number of rotatable bonds is 3. The normalized spacial score (nSPS) is 16.2. The zero-order chi connectivity index (χ0) is 13.4. The standard InChI is InChI=1S/C13H16N4O2/c14-9-3-6-17-10(7-9)12(13(18)19)15-11(17)8-16-4-1-2-5-16/h3,6-7H,1-2,4-5,8,14H2,(H,18,19). The highest BCUT2D eigenvalue weighted by molar-refractivity contribution is 5.94. The van der Waals surface area contributed by atoms with Crippen molar-refractivity contribution in [2.45, 2.75) is 19.4 Å². The monoisotopic (exact) mass is 260 g/mol. The molecule has 0 atom stereocenters. The van der Waals surface area contributed by atoms with Crippen molar-refractivity contribution in [3.05, 3.63) is 29.8 Å². The van der Waals surface area contributed by atoms with Crippen LogP contribution in [-0.2, 0) is 6.54 Å². The van der Waals surface area contributed by atoms with Gasteiger partial charge in [-0.05, 0) is 38.1 Å². The van der Waals surface area contributed by atoms with Crippen molar-refractivity contribution in [2.75, 3.05) is 18.8 Å². The van der Waals surface area contributed by atoms with Crippen LogP contribution in [0, 0.1) is 0 Å². The summed E-state index contributed by atoms with van der Waals surface area (Å²) >= 11 is 0. The van der Waals surface area contributed by atoms with Gasteiger partial charge in [0.05, 0.1) is 12.1 Å². The summed E-state index contributed by atoms with van der Waals surface area (Å²) in [4.78, 5) is 17.8. The molecule has 0 radical (unpaired) electrons. The minimum absolute atomic E-state index is 0.0708. The van der Waals surface area contributed by atoms with Gasteiger partial charge < -0.3 is 15.2 Å². The van der Waals surface area contributed by atoms with E-state index in [9.17, 15) is 9.90 Å². The smallest absolute Gasteiger partial charge is 0.356 e. The first kappa shape index (κ1) is 12.0. The van der Waals surface area contributed by atoms with E-state index < -0.39 is 5.97 Å². The Bertz CT molecular complexity index is 629. The molecule has 1 aliphatic rings. The topological polar surface area (TPSA) is 83.9 Å². The molecule has 2 aromatic rings. The average molecular weight is 260 g/mol. The van der Waals surface area contributed by atoms with Gasteiger partial charge in [-0.15, -0.1) is 0 Å². The maximum Gasteiger partial charge on any atom is 0.356 e. The summed E-state index contributed by atoms with van der Waals surface area (Å²) in [5.74, 6) is -0.259. The van der Waals surface area contributed by atoms with Crippen molar-refractivity contribution in [1.29, 1.82) is 0 Å². The molecule has 6 nitrogen and oxygen atoms in total. The second kappa shape index (κ2) is 4.55. The average Bonchev–Trinajstić information content (AvgIpc) is 2.97. The summed E-state index contributed by atoms with van der Waals surface area (Å²) < 4.78 is 1.82. The number of carboxylic acid groups (broad SMARTS) is 1. The van der Waals surface area contributed by atoms with Crippen LogP contribution < -0.4 is 5.73 Å². The first-order valence-electron chi connectivity index (χ1n) is 6.37. The Morgan fingerprint density at radius 3 is 2.84 bits per heavy atom. The van der Waals surface area contributed by atoms with Gasteiger partial charge in [0, 0.05) is 11.9 Å². The van der Waals surface area contributed by atoms with Crippen LogP contribution in [0.2, 0.25) is 0 Å². The number of hydrogen-bond acceptors (Lipinski definition) is 4. The largest absolute Gasteiger partial charge is 0.476 e. The van der Waals surface area contributed by atoms with Gasteiger partial charge in [-0.3, -0.25) is 4.90 Å². The van der Waals surface area contributed by atoms with Crippen LogP contribution in [0.1, 0.15) is 29.2 Å². The number of pyridine rings is 1. The second-order valence-electron chi connectivity index (χ2n) is 4.88. The summed E-state index contributed by atoms with van der Waals surface area (Å²) in [5, 5.41) is 9.22. The molecule has 0 aromatic carbocycles. The van der Waals surface area contributed by atoms with E-state index in [0.29, 0.717) is 17.7 Å². The number of fused-ring (bicyclic) bond motifs is 1. The number of hydrogen-bond donors (Lipinski definition) is 2. The van der Waals surface area contributed by atoms with Gasteiger partial charge in [-0.1, -0.05) is 0 Å². The highest BCUT2D eigenvalue weighted by atomic mass is 16.4. The summed E-state index contributed by atoms with van der Waals surface area (Å²) in [7, 11) is 0. The number of nitrogens with two attached hydrogens (primary N) is 1. The Kier molecular flexibility index (Phi) is 2.87. The molecule has 0 bridgehead atoms. The second-order valence-corrected chi connectivity index (χ2v) is 4.88. The summed E-state index contributed by atoms with van der Waals surface area (Å²) in [5.41, 5.74) is 6.89. The molecule has 1 aliphatic heterocycles. The minimum Gasteiger partial charge on any atom is -0.476 e. The van der Waals surface area contributed by atoms with Crippen molar-refractivity contribution in [2.24, 2.45) is 0 Å². The van der Waals surface area contributed by atoms with E-state index in [4.69, 9.17) is 5.73 Å². The summed E-state index contributed by atoms with van der Waals surface area (Å²) in [6, 6.07) is 3.41. The van der Waals surface area contributed by atoms with Crippen LogP contribution in [0.25, 0.3) is 5.52 Å². The van der Waals surface area contributed by atoms with Crippen LogP contribution in [0.4, 0.5) is 5.69 Å². The fraction of sp³-hybridized carbons (Fsp3) is 0.385. The molecule has 2 aromatic heterocycles. The summed E-state index contributed by atoms with van der Waals surface area (Å²) in [6.45, 7) is 2.77. The molecule has 100 valence electrons. The van der Waals surface area contributed by atoms with Gasteiger partial charge in [-0.25, -0.2) is 9.78 Å². The number of aromatic carboxylic acids is 1. The Balaban J connectivity index is 2.06. The Morgan fingerprint density at radius 2 is 2.16 bits per heavy atom. The number of aromatic nitrogens is 2. The van der Waals surface area contributed by atoms with E-state index in [-0.39, 0.29) is 5.69 Å². The van der Waals surface area contributed by atoms with Crippen molar-refractivity contribution in [3.8, 4) is 0 Å². The zero-order valence-corrected chi connectivity index (χ0v) is 10.5. The molecule has 0 unspecified atom stereocenters. The minimum atomic E-state index is -1.02. The van der Waals surface area contributed by atoms with Crippen molar-refractivity contribution >= 4 is 17.2 Å². The maximum atomic E-state index is 11.2. The lowest BCUT2D eigenvalue weighted by atomic mass is 10.3. The maximum absolute atomic E-state index is 11.2. The number of likely N-dealkylation sites (tertiary alicyclic amines) is 1. The van der Waals surface area contributed by atoms with Gasteiger partial charge in [0.2, 0.25) is 0 Å². The van der Waals surface area contributed by atoms with Crippen LogP contribution in [-0.4, -0.2) is 38.4 Å². The highest BCUT2D eigenvalue weighted by Gasteiger charge is 2.20. The predicted molar refractivity (Wildman–Crippen MR) is 71.1 cm³/mol. The fourth-order valence-corrected chi connectivity index (χ4v) is 2.57. The van der Waals surface area contributed by atoms with Gasteiger partial charge in [0.15, 0.2) is 5.69 Å². The molecule has 1 saturated heterocycles. The Labute approximate surface area is 110 Å². The Morgan fingerprint density at radius 1 is 1.42 bits per heavy atom. The molecule has 3 rings (SSSR count). The van der Waals surface area contributed by atoms with E-state index in [1.54, 1.807) is 18.3 Å². The number of carbonyl (C=O) groups is 1. The van der Waals surface area contributed by atoms with Crippen molar-refractivity contribution in [1.82, 2.24) is 14.3 Å². The molecule has 0 aliphatic carbocycles. The van der Waals surface area contributed by atoms with Crippen molar-refractivity contribution < 1.29 is 9.90 Å². The predicted octanol–water partition coefficient (Wildman–Crippen LogP) is 1.21. The quantitative estimate of drug-likeness (QED) is 0.866. The fourth-order valence-electron chi connectivity index (χ4n) is 2.57. The first-order valence-corrected chi connectivity index (χ1v) is 6.37. The third-order valence-corrected chi connectivity index (χ3v) is 3.51. The lowest BCUT2D eigenvalue weighted by Gasteiger charge is -2.13. The van der Waals surface area contributed by atoms with Crippen LogP contribution in [0.15, 0.2) is 18.3 Å². The molecule has 0 spiro atoms. The SMILES string of the molecule is Nc1ccn2c(CN3CCCC3)nc(C(=O)O)c2c1. The number of carboxylic acids is 1. The van der Waals surface area contributed by atoms with Crippen LogP contribution in [0.5, 0.6) is 0 Å². The molecule has 3 N–H and O–H groups in total. The molecule has 0 amide bonds. The Hall–Kier alpha value is -2.08. The van der Waals surface area contributed by atoms with E-state index in [1.807, 2.05) is 4.40 Å². The molecule has 3 heterocycles. The molecule has 6 heteroatoms. The molecule has 1 fully saturated rings.